The molecule has 0 spiro atoms. The van der Waals surface area contributed by atoms with Crippen LogP contribution < -0.4 is 5.32 Å². The summed E-state index contributed by atoms with van der Waals surface area (Å²) < 4.78 is 0. The minimum absolute atomic E-state index is 0.823. The summed E-state index contributed by atoms with van der Waals surface area (Å²) >= 11 is 1.79. The van der Waals surface area contributed by atoms with Crippen LogP contribution in [0.25, 0.3) is 0 Å². The van der Waals surface area contributed by atoms with E-state index >= 15 is 0 Å². The average Bonchev–Trinajstić information content (AvgIpc) is 2.03. The number of hydrogen-bond acceptors (Lipinski definition) is 2. The molecule has 0 fully saturated rings. The molecule has 0 bridgehead atoms. The number of hydrogen-bond donors (Lipinski definition) is 1. The highest BCUT2D eigenvalue weighted by atomic mass is 32.2. The topological polar surface area (TPSA) is 12.0 Å². The van der Waals surface area contributed by atoms with Gasteiger partial charge in [0, 0.05) is 12.3 Å². The van der Waals surface area contributed by atoms with Crippen molar-refractivity contribution >= 4 is 11.8 Å². The highest BCUT2D eigenvalue weighted by Gasteiger charge is 1.85. The van der Waals surface area contributed by atoms with Gasteiger partial charge in [-0.25, -0.2) is 0 Å². The van der Waals surface area contributed by atoms with Crippen molar-refractivity contribution < 1.29 is 0 Å². The maximum Gasteiger partial charge on any atom is 0.0545 e. The smallest absolute Gasteiger partial charge is 0.0545 e. The fourth-order valence-corrected chi connectivity index (χ4v) is 1.16. The summed E-state index contributed by atoms with van der Waals surface area (Å²) in [6, 6.07) is 0. The Labute approximate surface area is 73.6 Å². The van der Waals surface area contributed by atoms with Crippen LogP contribution in [0.1, 0.15) is 6.42 Å². The van der Waals surface area contributed by atoms with Gasteiger partial charge in [-0.1, -0.05) is 12.0 Å². The maximum absolute atomic E-state index is 5.09. The van der Waals surface area contributed by atoms with Gasteiger partial charge in [-0.3, -0.25) is 0 Å². The standard InChI is InChI=1S/C9H15NS/c1-3-5-6-10-7-9-11-8-4-2/h2-3,10H,1,5-9H2. The molecule has 0 aliphatic rings. The van der Waals surface area contributed by atoms with Crippen molar-refractivity contribution in [3.8, 4) is 12.3 Å². The quantitative estimate of drug-likeness (QED) is 0.352. The number of thioether (sulfide) groups is 1. The Kier molecular flexibility index (Phi) is 9.27. The van der Waals surface area contributed by atoms with Gasteiger partial charge < -0.3 is 5.32 Å². The molecule has 1 nitrogen and oxygen atoms in total. The molecule has 0 aromatic heterocycles. The van der Waals surface area contributed by atoms with Gasteiger partial charge in [-0.05, 0) is 13.0 Å². The van der Waals surface area contributed by atoms with E-state index in [4.69, 9.17) is 6.42 Å². The first-order valence-corrected chi connectivity index (χ1v) is 4.90. The third-order valence-electron chi connectivity index (χ3n) is 1.13. The molecule has 0 unspecified atom stereocenters. The minimum Gasteiger partial charge on any atom is -0.316 e. The maximum atomic E-state index is 5.09. The second-order valence-corrected chi connectivity index (χ2v) is 3.19. The predicted molar refractivity (Wildman–Crippen MR) is 53.8 cm³/mol. The Morgan fingerprint density at radius 1 is 1.55 bits per heavy atom. The molecule has 0 amide bonds. The fourth-order valence-electron chi connectivity index (χ4n) is 0.605. The molecule has 0 rings (SSSR count). The van der Waals surface area contributed by atoms with E-state index in [1.807, 2.05) is 6.08 Å². The van der Waals surface area contributed by atoms with Crippen LogP contribution in [0.15, 0.2) is 12.7 Å². The van der Waals surface area contributed by atoms with Gasteiger partial charge in [0.2, 0.25) is 0 Å². The number of rotatable bonds is 7. The van der Waals surface area contributed by atoms with E-state index in [1.54, 1.807) is 11.8 Å². The summed E-state index contributed by atoms with van der Waals surface area (Å²) in [5.74, 6) is 4.51. The van der Waals surface area contributed by atoms with E-state index in [1.165, 1.54) is 0 Å². The zero-order valence-electron chi connectivity index (χ0n) is 6.81. The normalized spacial score (nSPS) is 9.00. The van der Waals surface area contributed by atoms with Crippen LogP contribution in [0.5, 0.6) is 0 Å². The molecule has 0 radical (unpaired) electrons. The van der Waals surface area contributed by atoms with Gasteiger partial charge in [0.15, 0.2) is 0 Å². The van der Waals surface area contributed by atoms with Crippen LogP contribution in [0.2, 0.25) is 0 Å². The summed E-state index contributed by atoms with van der Waals surface area (Å²) in [6.45, 7) is 5.71. The van der Waals surface area contributed by atoms with Crippen molar-refractivity contribution in [3.63, 3.8) is 0 Å². The van der Waals surface area contributed by atoms with Crippen LogP contribution in [-0.4, -0.2) is 24.6 Å². The van der Waals surface area contributed by atoms with Crippen molar-refractivity contribution in [1.29, 1.82) is 0 Å². The molecule has 0 aliphatic carbocycles. The Bertz CT molecular complexity index is 126. The zero-order valence-corrected chi connectivity index (χ0v) is 7.62. The van der Waals surface area contributed by atoms with E-state index in [9.17, 15) is 0 Å². The van der Waals surface area contributed by atoms with E-state index in [0.717, 1.165) is 31.0 Å². The molecule has 0 atom stereocenters. The van der Waals surface area contributed by atoms with Gasteiger partial charge in [0.25, 0.3) is 0 Å². The summed E-state index contributed by atoms with van der Waals surface area (Å²) in [7, 11) is 0. The Hall–Kier alpha value is -0.390. The Balaban J connectivity index is 2.80. The average molecular weight is 169 g/mol. The molecule has 0 heterocycles. The lowest BCUT2D eigenvalue weighted by Gasteiger charge is -1.99. The Morgan fingerprint density at radius 2 is 2.36 bits per heavy atom. The highest BCUT2D eigenvalue weighted by Crippen LogP contribution is 1.94. The SMILES string of the molecule is C#CCSCCNCCC=C. The van der Waals surface area contributed by atoms with Crippen LogP contribution in [0.4, 0.5) is 0 Å². The van der Waals surface area contributed by atoms with Crippen molar-refractivity contribution in [2.75, 3.05) is 24.6 Å². The van der Waals surface area contributed by atoms with Crippen molar-refractivity contribution in [2.45, 2.75) is 6.42 Å². The second-order valence-electron chi connectivity index (χ2n) is 2.08. The molecule has 0 aliphatic heterocycles. The molecule has 62 valence electrons. The van der Waals surface area contributed by atoms with Gasteiger partial charge in [0.05, 0.1) is 5.75 Å². The Morgan fingerprint density at radius 3 is 3.00 bits per heavy atom. The van der Waals surface area contributed by atoms with Crippen molar-refractivity contribution in [1.82, 2.24) is 5.32 Å². The lowest BCUT2D eigenvalue weighted by atomic mass is 10.4. The highest BCUT2D eigenvalue weighted by molar-refractivity contribution is 7.99. The third-order valence-corrected chi connectivity index (χ3v) is 2.00. The van der Waals surface area contributed by atoms with Gasteiger partial charge in [0.1, 0.15) is 0 Å². The third kappa shape index (κ3) is 9.61. The largest absolute Gasteiger partial charge is 0.316 e. The molecule has 0 saturated carbocycles. The monoisotopic (exact) mass is 169 g/mol. The van der Waals surface area contributed by atoms with Gasteiger partial charge >= 0.3 is 0 Å². The predicted octanol–water partition coefficient (Wildman–Crippen LogP) is 1.52. The molecule has 0 aromatic carbocycles. The molecule has 0 aromatic rings. The fraction of sp³-hybridized carbons (Fsp3) is 0.556. The van der Waals surface area contributed by atoms with Crippen LogP contribution in [0.3, 0.4) is 0 Å². The lowest BCUT2D eigenvalue weighted by molar-refractivity contribution is 0.732. The summed E-state index contributed by atoms with van der Waals surface area (Å²) in [4.78, 5) is 0. The first-order valence-electron chi connectivity index (χ1n) is 3.74. The molecule has 2 heteroatoms. The van der Waals surface area contributed by atoms with E-state index in [2.05, 4.69) is 17.8 Å². The molecule has 1 N–H and O–H groups in total. The lowest BCUT2D eigenvalue weighted by Crippen LogP contribution is -2.17. The number of terminal acetylenes is 1. The second kappa shape index (κ2) is 9.61. The van der Waals surface area contributed by atoms with E-state index in [-0.39, 0.29) is 0 Å². The molecular formula is C9H15NS. The zero-order chi connectivity index (χ0) is 8.36. The first-order chi connectivity index (χ1) is 5.41. The van der Waals surface area contributed by atoms with Gasteiger partial charge in [-0.15, -0.1) is 24.8 Å². The number of nitrogens with one attached hydrogen (secondary N) is 1. The summed E-state index contributed by atoms with van der Waals surface area (Å²) in [5.41, 5.74) is 0. The van der Waals surface area contributed by atoms with E-state index < -0.39 is 0 Å². The van der Waals surface area contributed by atoms with Crippen molar-refractivity contribution in [3.05, 3.63) is 12.7 Å². The minimum atomic E-state index is 0.823. The van der Waals surface area contributed by atoms with Crippen LogP contribution >= 0.6 is 11.8 Å². The summed E-state index contributed by atoms with van der Waals surface area (Å²) in [5, 5.41) is 3.28. The van der Waals surface area contributed by atoms with Gasteiger partial charge in [-0.2, -0.15) is 0 Å². The summed E-state index contributed by atoms with van der Waals surface area (Å²) in [6.07, 6.45) is 8.05. The van der Waals surface area contributed by atoms with Crippen LogP contribution in [0, 0.1) is 12.3 Å². The van der Waals surface area contributed by atoms with Crippen molar-refractivity contribution in [2.24, 2.45) is 0 Å². The molecular weight excluding hydrogens is 154 g/mol. The van der Waals surface area contributed by atoms with E-state index in [0.29, 0.717) is 0 Å². The van der Waals surface area contributed by atoms with Crippen LogP contribution in [-0.2, 0) is 0 Å². The first kappa shape index (κ1) is 10.6. The molecule has 11 heavy (non-hydrogen) atoms. The molecule has 0 saturated heterocycles.